The summed E-state index contributed by atoms with van der Waals surface area (Å²) in [7, 11) is 1.46. The molecule has 1 heterocycles. The number of nitrogen functional groups attached to an aromatic ring is 1. The number of hydrogen-bond acceptors (Lipinski definition) is 6. The fraction of sp³-hybridized carbons (Fsp3) is 0.0714. The molecule has 4 N–H and O–H groups in total. The van der Waals surface area contributed by atoms with Crippen LogP contribution in [0.4, 0.5) is 17.2 Å². The first kappa shape index (κ1) is 14.1. The number of anilines is 3. The lowest BCUT2D eigenvalue weighted by atomic mass is 10.2. The third-order valence-corrected chi connectivity index (χ3v) is 2.73. The van der Waals surface area contributed by atoms with Crippen molar-refractivity contribution < 1.29 is 14.6 Å². The van der Waals surface area contributed by atoms with Crippen molar-refractivity contribution >= 4 is 23.2 Å². The number of ether oxygens (including phenoxy) is 1. The van der Waals surface area contributed by atoms with Gasteiger partial charge in [-0.25, -0.2) is 9.78 Å². The van der Waals surface area contributed by atoms with E-state index in [4.69, 9.17) is 20.8 Å². The number of nitrogens with zero attached hydrogens (tertiary/aromatic N) is 2. The lowest BCUT2D eigenvalue weighted by Crippen LogP contribution is -2.06. The predicted octanol–water partition coefficient (Wildman–Crippen LogP) is 1.99. The molecule has 2 rings (SSSR count). The Morgan fingerprint density at radius 2 is 2.19 bits per heavy atom. The van der Waals surface area contributed by atoms with Gasteiger partial charge in [0.15, 0.2) is 11.5 Å². The topological polar surface area (TPSA) is 121 Å². The van der Waals surface area contributed by atoms with Crippen LogP contribution in [0.25, 0.3) is 0 Å². The third kappa shape index (κ3) is 3.01. The number of pyridine rings is 1. The first-order chi connectivity index (χ1) is 10.0. The summed E-state index contributed by atoms with van der Waals surface area (Å²) >= 11 is 0. The minimum atomic E-state index is -1.15. The normalized spacial score (nSPS) is 9.71. The fourth-order valence-corrected chi connectivity index (χ4v) is 1.68. The van der Waals surface area contributed by atoms with Gasteiger partial charge in [-0.2, -0.15) is 5.26 Å². The maximum absolute atomic E-state index is 10.9. The summed E-state index contributed by atoms with van der Waals surface area (Å²) in [6.45, 7) is 0. The Kier molecular flexibility index (Phi) is 3.90. The Hall–Kier alpha value is -3.27. The monoisotopic (exact) mass is 284 g/mol. The summed E-state index contributed by atoms with van der Waals surface area (Å²) in [5, 5.41) is 20.7. The molecule has 7 heteroatoms. The smallest absolute Gasteiger partial charge is 0.354 e. The highest BCUT2D eigenvalue weighted by Gasteiger charge is 2.11. The molecule has 0 unspecified atom stereocenters. The molecule has 0 bridgehead atoms. The number of carboxylic acid groups (broad SMARTS) is 1. The summed E-state index contributed by atoms with van der Waals surface area (Å²) < 4.78 is 5.18. The molecular formula is C14H12N4O3. The van der Waals surface area contributed by atoms with E-state index in [2.05, 4.69) is 10.3 Å². The molecule has 1 aromatic heterocycles. The van der Waals surface area contributed by atoms with E-state index in [0.717, 1.165) is 0 Å². The molecule has 0 fully saturated rings. The second-order valence-electron chi connectivity index (χ2n) is 4.09. The van der Waals surface area contributed by atoms with Crippen LogP contribution in [0, 0.1) is 11.3 Å². The van der Waals surface area contributed by atoms with Gasteiger partial charge in [-0.3, -0.25) is 0 Å². The van der Waals surface area contributed by atoms with Gasteiger partial charge in [-0.15, -0.1) is 0 Å². The maximum atomic E-state index is 10.9. The first-order valence-electron chi connectivity index (χ1n) is 5.90. The Bertz CT molecular complexity index is 737. The summed E-state index contributed by atoms with van der Waals surface area (Å²) in [6, 6.07) is 9.56. The quantitative estimate of drug-likeness (QED) is 0.784. The molecule has 21 heavy (non-hydrogen) atoms. The molecule has 0 saturated heterocycles. The number of aromatic carboxylic acids is 1. The van der Waals surface area contributed by atoms with Crippen molar-refractivity contribution in [1.29, 1.82) is 5.26 Å². The number of nitrogens with two attached hydrogens (primary N) is 1. The molecule has 0 atom stereocenters. The van der Waals surface area contributed by atoms with Crippen LogP contribution in [0.5, 0.6) is 5.75 Å². The highest BCUT2D eigenvalue weighted by Crippen LogP contribution is 2.30. The Labute approximate surface area is 120 Å². The number of carboxylic acids is 1. The average Bonchev–Trinajstić information content (AvgIpc) is 2.49. The second kappa shape index (κ2) is 5.79. The van der Waals surface area contributed by atoms with Gasteiger partial charge in [0.1, 0.15) is 5.75 Å². The van der Waals surface area contributed by atoms with Gasteiger partial charge in [0, 0.05) is 6.07 Å². The lowest BCUT2D eigenvalue weighted by Gasteiger charge is -2.12. The number of methoxy groups -OCH3 is 1. The molecule has 1 aromatic carbocycles. The molecule has 7 nitrogen and oxygen atoms in total. The van der Waals surface area contributed by atoms with Gasteiger partial charge in [0.2, 0.25) is 0 Å². The van der Waals surface area contributed by atoms with Gasteiger partial charge < -0.3 is 20.9 Å². The van der Waals surface area contributed by atoms with E-state index < -0.39 is 5.97 Å². The van der Waals surface area contributed by atoms with Gasteiger partial charge in [-0.05, 0) is 24.3 Å². The van der Waals surface area contributed by atoms with Crippen molar-refractivity contribution in [2.24, 2.45) is 0 Å². The van der Waals surface area contributed by atoms with Crippen molar-refractivity contribution in [2.75, 3.05) is 18.2 Å². The van der Waals surface area contributed by atoms with Crippen molar-refractivity contribution in [3.05, 3.63) is 41.6 Å². The van der Waals surface area contributed by atoms with E-state index >= 15 is 0 Å². The number of carbonyl (C=O) groups is 1. The Morgan fingerprint density at radius 1 is 1.43 bits per heavy atom. The van der Waals surface area contributed by atoms with Crippen molar-refractivity contribution in [3.63, 3.8) is 0 Å². The summed E-state index contributed by atoms with van der Waals surface area (Å²) in [5.41, 5.74) is 6.91. The van der Waals surface area contributed by atoms with Crippen LogP contribution in [0.1, 0.15) is 16.1 Å². The van der Waals surface area contributed by atoms with Crippen LogP contribution in [-0.4, -0.2) is 23.2 Å². The zero-order valence-electron chi connectivity index (χ0n) is 11.1. The predicted molar refractivity (Wildman–Crippen MR) is 76.6 cm³/mol. The van der Waals surface area contributed by atoms with Crippen molar-refractivity contribution in [2.45, 2.75) is 0 Å². The summed E-state index contributed by atoms with van der Waals surface area (Å²) in [5.74, 6) is -0.515. The Balaban J connectivity index is 2.40. The fourth-order valence-electron chi connectivity index (χ4n) is 1.68. The highest BCUT2D eigenvalue weighted by atomic mass is 16.5. The Morgan fingerprint density at radius 3 is 2.81 bits per heavy atom. The van der Waals surface area contributed by atoms with Crippen LogP contribution < -0.4 is 15.8 Å². The maximum Gasteiger partial charge on any atom is 0.354 e. The molecule has 0 aliphatic rings. The van der Waals surface area contributed by atoms with Crippen molar-refractivity contribution in [3.8, 4) is 11.8 Å². The molecule has 0 amide bonds. The third-order valence-electron chi connectivity index (χ3n) is 2.73. The van der Waals surface area contributed by atoms with E-state index in [9.17, 15) is 4.79 Å². The van der Waals surface area contributed by atoms with Gasteiger partial charge in [0.25, 0.3) is 0 Å². The molecule has 0 spiro atoms. The standard InChI is InChI=1S/C14H12N4O3/c1-21-12-6-8(7-15)2-4-10(12)17-13-9(16)3-5-11(18-13)14(19)20/h2-6H,16H2,1H3,(H,17,18)(H,19,20). The van der Waals surface area contributed by atoms with E-state index in [1.807, 2.05) is 6.07 Å². The number of rotatable bonds is 4. The second-order valence-corrected chi connectivity index (χ2v) is 4.09. The molecule has 2 aromatic rings. The number of nitriles is 1. The van der Waals surface area contributed by atoms with Crippen LogP contribution in [-0.2, 0) is 0 Å². The van der Waals surface area contributed by atoms with E-state index in [1.54, 1.807) is 18.2 Å². The zero-order valence-corrected chi connectivity index (χ0v) is 11.1. The van der Waals surface area contributed by atoms with Crippen LogP contribution in [0.15, 0.2) is 30.3 Å². The minimum Gasteiger partial charge on any atom is -0.495 e. The number of hydrogen-bond donors (Lipinski definition) is 3. The zero-order chi connectivity index (χ0) is 15.4. The molecule has 106 valence electrons. The highest BCUT2D eigenvalue weighted by molar-refractivity contribution is 5.87. The molecule has 0 saturated carbocycles. The number of benzene rings is 1. The van der Waals surface area contributed by atoms with Gasteiger partial charge in [0.05, 0.1) is 30.1 Å². The van der Waals surface area contributed by atoms with Crippen molar-refractivity contribution in [1.82, 2.24) is 4.98 Å². The number of aromatic nitrogens is 1. The first-order valence-corrected chi connectivity index (χ1v) is 5.90. The summed E-state index contributed by atoms with van der Waals surface area (Å²) in [4.78, 5) is 14.9. The molecule has 0 aliphatic carbocycles. The van der Waals surface area contributed by atoms with E-state index in [1.165, 1.54) is 19.2 Å². The number of nitrogens with one attached hydrogen (secondary N) is 1. The lowest BCUT2D eigenvalue weighted by molar-refractivity contribution is 0.0690. The van der Waals surface area contributed by atoms with Crippen LogP contribution >= 0.6 is 0 Å². The average molecular weight is 284 g/mol. The van der Waals surface area contributed by atoms with Crippen LogP contribution in [0.3, 0.4) is 0 Å². The van der Waals surface area contributed by atoms with Crippen LogP contribution in [0.2, 0.25) is 0 Å². The molecule has 0 aliphatic heterocycles. The van der Waals surface area contributed by atoms with Gasteiger partial charge >= 0.3 is 5.97 Å². The molecular weight excluding hydrogens is 272 g/mol. The van der Waals surface area contributed by atoms with E-state index in [0.29, 0.717) is 22.7 Å². The minimum absolute atomic E-state index is 0.126. The summed E-state index contributed by atoms with van der Waals surface area (Å²) in [6.07, 6.45) is 0. The van der Waals surface area contributed by atoms with E-state index in [-0.39, 0.29) is 11.5 Å². The largest absolute Gasteiger partial charge is 0.495 e. The SMILES string of the molecule is COc1cc(C#N)ccc1Nc1nc(C(=O)O)ccc1N. The molecule has 0 radical (unpaired) electrons. The van der Waals surface area contributed by atoms with Gasteiger partial charge in [-0.1, -0.05) is 0 Å².